The second-order valence-electron chi connectivity index (χ2n) is 8.10. The van der Waals surface area contributed by atoms with Gasteiger partial charge in [0.15, 0.2) is 0 Å². The van der Waals surface area contributed by atoms with E-state index in [2.05, 4.69) is 71.8 Å². The molecule has 2 heteroatoms. The number of nitrogens with zero attached hydrogens (tertiary/aromatic N) is 1. The lowest BCUT2D eigenvalue weighted by Gasteiger charge is -2.37. The van der Waals surface area contributed by atoms with Gasteiger partial charge in [0, 0.05) is 11.9 Å². The fraction of sp³-hybridized carbons (Fsp3) is 0.688. The van der Waals surface area contributed by atoms with E-state index in [0.717, 1.165) is 0 Å². The predicted octanol–water partition coefficient (Wildman–Crippen LogP) is 4.97. The van der Waals surface area contributed by atoms with E-state index in [9.17, 15) is 0 Å². The quantitative estimate of drug-likeness (QED) is 0.687. The van der Waals surface area contributed by atoms with E-state index < -0.39 is 8.07 Å². The van der Waals surface area contributed by atoms with Gasteiger partial charge in [-0.3, -0.25) is 4.98 Å². The highest BCUT2D eigenvalue weighted by Gasteiger charge is 2.35. The van der Waals surface area contributed by atoms with E-state index in [0.29, 0.717) is 5.04 Å². The first-order valence-electron chi connectivity index (χ1n) is 6.89. The van der Waals surface area contributed by atoms with Gasteiger partial charge in [-0.1, -0.05) is 54.6 Å². The zero-order valence-electron chi connectivity index (χ0n) is 13.4. The molecular weight excluding hydrogens is 234 g/mol. The van der Waals surface area contributed by atoms with Crippen LogP contribution in [0.15, 0.2) is 18.3 Å². The molecule has 0 amide bonds. The molecule has 0 aliphatic rings. The smallest absolute Gasteiger partial charge is 0.0590 e. The third-order valence-corrected chi connectivity index (χ3v) is 9.64. The van der Waals surface area contributed by atoms with Crippen LogP contribution >= 0.6 is 0 Å². The Balaban J connectivity index is 3.00. The summed E-state index contributed by atoms with van der Waals surface area (Å²) in [5.74, 6) is 0. The van der Waals surface area contributed by atoms with Crippen molar-refractivity contribution in [3.05, 3.63) is 29.6 Å². The minimum atomic E-state index is -1.29. The lowest BCUT2D eigenvalue weighted by molar-refractivity contribution is 0.588. The molecule has 102 valence electrons. The molecule has 0 bridgehead atoms. The van der Waals surface area contributed by atoms with Crippen LogP contribution in [0.2, 0.25) is 18.1 Å². The number of rotatable bonds is 2. The van der Waals surface area contributed by atoms with Gasteiger partial charge in [0.05, 0.1) is 8.07 Å². The summed E-state index contributed by atoms with van der Waals surface area (Å²) in [5.41, 5.74) is 2.88. The average molecular weight is 264 g/mol. The summed E-state index contributed by atoms with van der Waals surface area (Å²) in [7, 11) is -1.29. The van der Waals surface area contributed by atoms with Gasteiger partial charge in [-0.15, -0.1) is 0 Å². The zero-order valence-corrected chi connectivity index (χ0v) is 14.4. The molecule has 1 nitrogen and oxygen atoms in total. The Labute approximate surface area is 114 Å². The third-order valence-electron chi connectivity index (χ3n) is 4.34. The van der Waals surface area contributed by atoms with Gasteiger partial charge in [0.1, 0.15) is 0 Å². The minimum absolute atomic E-state index is 0.213. The van der Waals surface area contributed by atoms with Gasteiger partial charge in [0.2, 0.25) is 0 Å². The number of hydrogen-bond donors (Lipinski definition) is 0. The highest BCUT2D eigenvalue weighted by atomic mass is 28.3. The maximum absolute atomic E-state index is 4.59. The Kier molecular flexibility index (Phi) is 4.12. The van der Waals surface area contributed by atoms with Crippen LogP contribution in [0.1, 0.15) is 52.8 Å². The summed E-state index contributed by atoms with van der Waals surface area (Å²) in [5, 5.41) is 0.423. The van der Waals surface area contributed by atoms with Crippen LogP contribution in [0.5, 0.6) is 0 Å². The van der Waals surface area contributed by atoms with Crippen molar-refractivity contribution in [3.63, 3.8) is 0 Å². The molecule has 0 aliphatic carbocycles. The molecule has 0 aromatic carbocycles. The molecule has 0 saturated carbocycles. The first-order valence-corrected chi connectivity index (χ1v) is 10.1. The summed E-state index contributed by atoms with van der Waals surface area (Å²) in [6.07, 6.45) is 1.98. The fourth-order valence-electron chi connectivity index (χ4n) is 1.76. The molecule has 0 atom stereocenters. The van der Waals surface area contributed by atoms with Crippen molar-refractivity contribution >= 4 is 8.07 Å². The van der Waals surface area contributed by atoms with Crippen LogP contribution in [0.25, 0.3) is 0 Å². The third kappa shape index (κ3) is 3.68. The van der Waals surface area contributed by atoms with Gasteiger partial charge in [-0.05, 0) is 34.2 Å². The van der Waals surface area contributed by atoms with Gasteiger partial charge in [-0.25, -0.2) is 0 Å². The van der Waals surface area contributed by atoms with E-state index >= 15 is 0 Å². The topological polar surface area (TPSA) is 12.9 Å². The highest BCUT2D eigenvalue weighted by molar-refractivity contribution is 6.79. The molecule has 18 heavy (non-hydrogen) atoms. The number of aromatic nitrogens is 1. The van der Waals surface area contributed by atoms with Gasteiger partial charge in [0.25, 0.3) is 0 Å². The molecule has 1 aromatic rings. The summed E-state index contributed by atoms with van der Waals surface area (Å²) < 4.78 is 0. The van der Waals surface area contributed by atoms with E-state index in [1.807, 2.05) is 6.20 Å². The molecule has 1 rings (SSSR count). The highest BCUT2D eigenvalue weighted by Crippen LogP contribution is 2.38. The van der Waals surface area contributed by atoms with E-state index in [4.69, 9.17) is 0 Å². The summed E-state index contributed by atoms with van der Waals surface area (Å²) in [4.78, 5) is 4.59. The Morgan fingerprint density at radius 3 is 2.06 bits per heavy atom. The SMILES string of the molecule is CC(C)(C)c1ccnc(C[Si](C)(C)C(C)(C)C)c1. The average Bonchev–Trinajstić information content (AvgIpc) is 2.14. The lowest BCUT2D eigenvalue weighted by Crippen LogP contribution is -2.40. The van der Waals surface area contributed by atoms with Gasteiger partial charge >= 0.3 is 0 Å². The Bertz CT molecular complexity index is 408. The standard InChI is InChI=1S/C16H29NSi/c1-15(2,3)13-9-10-17-14(11-13)12-18(7,8)16(4,5)6/h9-11H,12H2,1-8H3. The second kappa shape index (κ2) is 4.80. The largest absolute Gasteiger partial charge is 0.262 e. The normalized spacial score (nSPS) is 13.8. The molecule has 0 radical (unpaired) electrons. The molecule has 0 aliphatic heterocycles. The van der Waals surface area contributed by atoms with E-state index in [1.165, 1.54) is 17.3 Å². The lowest BCUT2D eigenvalue weighted by atomic mass is 9.87. The Hall–Kier alpha value is -0.633. The minimum Gasteiger partial charge on any atom is -0.262 e. The molecule has 0 spiro atoms. The van der Waals surface area contributed by atoms with Crippen LogP contribution < -0.4 is 0 Å². The second-order valence-corrected chi connectivity index (χ2v) is 13.7. The van der Waals surface area contributed by atoms with Crippen molar-refractivity contribution < 1.29 is 0 Å². The van der Waals surface area contributed by atoms with Crippen LogP contribution in [0, 0.1) is 0 Å². The zero-order chi connectivity index (χ0) is 14.2. The summed E-state index contributed by atoms with van der Waals surface area (Å²) in [6.45, 7) is 18.8. The van der Waals surface area contributed by atoms with Crippen LogP contribution in [0.3, 0.4) is 0 Å². The van der Waals surface area contributed by atoms with Crippen molar-refractivity contribution in [1.82, 2.24) is 4.98 Å². The van der Waals surface area contributed by atoms with Crippen LogP contribution in [-0.4, -0.2) is 13.1 Å². The summed E-state index contributed by atoms with van der Waals surface area (Å²) >= 11 is 0. The molecule has 0 fully saturated rings. The van der Waals surface area contributed by atoms with Crippen molar-refractivity contribution in [3.8, 4) is 0 Å². The van der Waals surface area contributed by atoms with Crippen molar-refractivity contribution in [2.75, 3.05) is 0 Å². The molecule has 0 saturated heterocycles. The van der Waals surface area contributed by atoms with Gasteiger partial charge in [-0.2, -0.15) is 0 Å². The molecule has 1 heterocycles. The van der Waals surface area contributed by atoms with Crippen LogP contribution in [0.4, 0.5) is 0 Å². The monoisotopic (exact) mass is 263 g/mol. The van der Waals surface area contributed by atoms with E-state index in [1.54, 1.807) is 0 Å². The maximum atomic E-state index is 4.59. The first-order chi connectivity index (χ1) is 7.93. The van der Waals surface area contributed by atoms with Crippen molar-refractivity contribution in [2.24, 2.45) is 0 Å². The first kappa shape index (κ1) is 15.4. The Morgan fingerprint density at radius 2 is 1.61 bits per heavy atom. The Morgan fingerprint density at radius 1 is 1.06 bits per heavy atom. The van der Waals surface area contributed by atoms with Crippen LogP contribution in [-0.2, 0) is 11.5 Å². The fourth-order valence-corrected chi connectivity index (χ4v) is 3.39. The van der Waals surface area contributed by atoms with E-state index in [-0.39, 0.29) is 5.41 Å². The molecule has 0 unspecified atom stereocenters. The molecule has 0 N–H and O–H groups in total. The molecular formula is C16H29NSi. The maximum Gasteiger partial charge on any atom is 0.0590 e. The predicted molar refractivity (Wildman–Crippen MR) is 83.8 cm³/mol. The number of pyridine rings is 1. The molecule has 1 aromatic heterocycles. The van der Waals surface area contributed by atoms with Crippen molar-refractivity contribution in [2.45, 2.75) is 71.1 Å². The summed E-state index contributed by atoms with van der Waals surface area (Å²) in [6, 6.07) is 5.62. The number of hydrogen-bond acceptors (Lipinski definition) is 1. The van der Waals surface area contributed by atoms with Gasteiger partial charge < -0.3 is 0 Å². The van der Waals surface area contributed by atoms with Crippen molar-refractivity contribution in [1.29, 1.82) is 0 Å².